The maximum absolute atomic E-state index is 12.3. The Kier molecular flexibility index (Phi) is 5.23. The monoisotopic (exact) mass is 358 g/mol. The van der Waals surface area contributed by atoms with Crippen LogP contribution in [0.1, 0.15) is 11.4 Å². The van der Waals surface area contributed by atoms with E-state index in [9.17, 15) is 18.5 Å². The van der Waals surface area contributed by atoms with Crippen LogP contribution in [0.3, 0.4) is 0 Å². The van der Waals surface area contributed by atoms with Crippen LogP contribution >= 0.6 is 11.5 Å². The van der Waals surface area contributed by atoms with Gasteiger partial charge in [-0.2, -0.15) is 4.37 Å². The Labute approximate surface area is 136 Å². The summed E-state index contributed by atoms with van der Waals surface area (Å²) in [6.07, 6.45) is 0.478. The molecule has 11 heteroatoms. The number of aryl methyl sites for hydroxylation is 1. The highest BCUT2D eigenvalue weighted by atomic mass is 32.2. The third-order valence-electron chi connectivity index (χ3n) is 2.89. The van der Waals surface area contributed by atoms with Gasteiger partial charge in [-0.25, -0.2) is 13.4 Å². The summed E-state index contributed by atoms with van der Waals surface area (Å²) in [6, 6.07) is 3.59. The van der Waals surface area contributed by atoms with Crippen molar-refractivity contribution in [2.45, 2.75) is 18.2 Å². The molecule has 0 atom stereocenters. The Hall–Kier alpha value is -2.11. The standard InChI is InChI=1S/C12H14N4O5S2/c1-8-7-9(3-4-10(8)16(17)18)23(19,20)15-12-13-11(14-22-12)5-6-21-2/h3-4,7H,5-6H2,1-2H3,(H,13,14,15). The van der Waals surface area contributed by atoms with E-state index in [-0.39, 0.29) is 21.3 Å². The van der Waals surface area contributed by atoms with Crippen molar-refractivity contribution >= 4 is 32.4 Å². The van der Waals surface area contributed by atoms with Crippen LogP contribution in [-0.4, -0.2) is 36.4 Å². The molecule has 1 heterocycles. The summed E-state index contributed by atoms with van der Waals surface area (Å²) in [4.78, 5) is 14.2. The summed E-state index contributed by atoms with van der Waals surface area (Å²) in [5.41, 5.74) is 0.123. The van der Waals surface area contributed by atoms with Crippen molar-refractivity contribution in [3.05, 3.63) is 39.7 Å². The third kappa shape index (κ3) is 4.21. The van der Waals surface area contributed by atoms with Crippen LogP contribution in [-0.2, 0) is 21.2 Å². The topological polar surface area (TPSA) is 124 Å². The van der Waals surface area contributed by atoms with E-state index in [0.717, 1.165) is 17.6 Å². The minimum Gasteiger partial charge on any atom is -0.384 e. The number of nitro benzene ring substituents is 1. The van der Waals surface area contributed by atoms with Crippen LogP contribution in [0.5, 0.6) is 0 Å². The highest BCUT2D eigenvalue weighted by Crippen LogP contribution is 2.23. The Morgan fingerprint density at radius 1 is 1.43 bits per heavy atom. The summed E-state index contributed by atoms with van der Waals surface area (Å²) in [5, 5.41) is 10.9. The molecule has 9 nitrogen and oxygen atoms in total. The molecule has 1 aromatic carbocycles. The van der Waals surface area contributed by atoms with Crippen LogP contribution in [0.4, 0.5) is 10.8 Å². The number of sulfonamides is 1. The summed E-state index contributed by atoms with van der Waals surface area (Å²) in [7, 11) is -2.33. The van der Waals surface area contributed by atoms with E-state index < -0.39 is 14.9 Å². The van der Waals surface area contributed by atoms with Gasteiger partial charge in [0.05, 0.1) is 16.4 Å². The normalized spacial score (nSPS) is 11.4. The van der Waals surface area contributed by atoms with Gasteiger partial charge in [0, 0.05) is 36.7 Å². The molecule has 0 amide bonds. The molecule has 2 aromatic rings. The number of methoxy groups -OCH3 is 1. The van der Waals surface area contributed by atoms with Crippen molar-refractivity contribution in [3.8, 4) is 0 Å². The first-order chi connectivity index (χ1) is 10.8. The number of anilines is 1. The fourth-order valence-corrected chi connectivity index (χ4v) is 3.68. The van der Waals surface area contributed by atoms with Crippen molar-refractivity contribution in [1.82, 2.24) is 9.36 Å². The molecular weight excluding hydrogens is 344 g/mol. The summed E-state index contributed by atoms with van der Waals surface area (Å²) < 4.78 is 35.8. The molecule has 0 bridgehead atoms. The van der Waals surface area contributed by atoms with Crippen LogP contribution in [0.2, 0.25) is 0 Å². The molecule has 2 rings (SSSR count). The number of hydrogen-bond donors (Lipinski definition) is 1. The smallest absolute Gasteiger partial charge is 0.272 e. The SMILES string of the molecule is COCCc1nsc(NS(=O)(=O)c2ccc([N+](=O)[O-])c(C)c2)n1. The minimum atomic E-state index is -3.88. The number of nitrogens with one attached hydrogen (secondary N) is 1. The van der Waals surface area contributed by atoms with Crippen molar-refractivity contribution in [3.63, 3.8) is 0 Å². The number of aromatic nitrogens is 2. The number of hydrogen-bond acceptors (Lipinski definition) is 8. The largest absolute Gasteiger partial charge is 0.384 e. The Morgan fingerprint density at radius 2 is 2.17 bits per heavy atom. The highest BCUT2D eigenvalue weighted by Gasteiger charge is 2.20. The van der Waals surface area contributed by atoms with E-state index in [1.54, 1.807) is 7.11 Å². The van der Waals surface area contributed by atoms with Crippen LogP contribution in [0, 0.1) is 17.0 Å². The second-order valence-corrected chi connectivity index (χ2v) is 7.00. The zero-order chi connectivity index (χ0) is 17.0. The lowest BCUT2D eigenvalue weighted by atomic mass is 10.2. The van der Waals surface area contributed by atoms with Gasteiger partial charge in [0.25, 0.3) is 15.7 Å². The summed E-state index contributed by atoms with van der Waals surface area (Å²) in [5.74, 6) is 0.481. The van der Waals surface area contributed by atoms with E-state index in [0.29, 0.717) is 18.9 Å². The molecule has 0 aliphatic carbocycles. The molecule has 0 aliphatic heterocycles. The average molecular weight is 358 g/mol. The van der Waals surface area contributed by atoms with E-state index >= 15 is 0 Å². The quantitative estimate of drug-likeness (QED) is 0.590. The molecule has 1 N–H and O–H groups in total. The zero-order valence-electron chi connectivity index (χ0n) is 12.3. The van der Waals surface area contributed by atoms with Gasteiger partial charge in [0.15, 0.2) is 0 Å². The predicted molar refractivity (Wildman–Crippen MR) is 84.1 cm³/mol. The molecule has 0 radical (unpaired) electrons. The van der Waals surface area contributed by atoms with E-state index in [2.05, 4.69) is 14.1 Å². The van der Waals surface area contributed by atoms with Gasteiger partial charge >= 0.3 is 0 Å². The lowest BCUT2D eigenvalue weighted by Crippen LogP contribution is -2.13. The maximum Gasteiger partial charge on any atom is 0.272 e. The maximum atomic E-state index is 12.3. The first-order valence-corrected chi connectivity index (χ1v) is 8.68. The van der Waals surface area contributed by atoms with Gasteiger partial charge in [-0.15, -0.1) is 0 Å². The molecule has 0 saturated carbocycles. The molecule has 124 valence electrons. The Balaban J connectivity index is 2.20. The van der Waals surface area contributed by atoms with E-state index in [1.807, 2.05) is 0 Å². The van der Waals surface area contributed by atoms with Gasteiger partial charge in [0.1, 0.15) is 5.82 Å². The van der Waals surface area contributed by atoms with Crippen LogP contribution in [0.25, 0.3) is 0 Å². The number of ether oxygens (including phenoxy) is 1. The van der Waals surface area contributed by atoms with Gasteiger partial charge in [-0.05, 0) is 19.1 Å². The predicted octanol–water partition coefficient (Wildman–Crippen LogP) is 1.74. The van der Waals surface area contributed by atoms with Gasteiger partial charge < -0.3 is 4.74 Å². The van der Waals surface area contributed by atoms with E-state index in [1.165, 1.54) is 19.1 Å². The number of benzene rings is 1. The third-order valence-corrected chi connectivity index (χ3v) is 5.03. The summed E-state index contributed by atoms with van der Waals surface area (Å²) >= 11 is 0.919. The zero-order valence-corrected chi connectivity index (χ0v) is 14.0. The molecule has 0 fully saturated rings. The number of nitrogens with zero attached hydrogens (tertiary/aromatic N) is 3. The van der Waals surface area contributed by atoms with Crippen molar-refractivity contribution < 1.29 is 18.1 Å². The first-order valence-electron chi connectivity index (χ1n) is 6.43. The Morgan fingerprint density at radius 3 is 2.78 bits per heavy atom. The average Bonchev–Trinajstić information content (AvgIpc) is 2.91. The highest BCUT2D eigenvalue weighted by molar-refractivity contribution is 7.93. The van der Waals surface area contributed by atoms with Crippen molar-refractivity contribution in [1.29, 1.82) is 0 Å². The number of nitro groups is 1. The fraction of sp³-hybridized carbons (Fsp3) is 0.333. The lowest BCUT2D eigenvalue weighted by Gasteiger charge is -2.05. The first kappa shape index (κ1) is 17.2. The van der Waals surface area contributed by atoms with Gasteiger partial charge in [0.2, 0.25) is 5.13 Å². The van der Waals surface area contributed by atoms with E-state index in [4.69, 9.17) is 4.74 Å². The molecular formula is C12H14N4O5S2. The van der Waals surface area contributed by atoms with Crippen LogP contribution in [0.15, 0.2) is 23.1 Å². The van der Waals surface area contributed by atoms with Crippen LogP contribution < -0.4 is 4.72 Å². The Bertz CT molecular complexity index is 819. The number of rotatable bonds is 7. The molecule has 1 aromatic heterocycles. The summed E-state index contributed by atoms with van der Waals surface area (Å²) in [6.45, 7) is 1.91. The second-order valence-electron chi connectivity index (χ2n) is 4.57. The second kappa shape index (κ2) is 6.98. The van der Waals surface area contributed by atoms with Crippen molar-refractivity contribution in [2.75, 3.05) is 18.4 Å². The van der Waals surface area contributed by atoms with Crippen molar-refractivity contribution in [2.24, 2.45) is 0 Å². The van der Waals surface area contributed by atoms with Gasteiger partial charge in [-0.3, -0.25) is 14.8 Å². The lowest BCUT2D eigenvalue weighted by molar-refractivity contribution is -0.385. The fourth-order valence-electron chi connectivity index (χ4n) is 1.76. The molecule has 23 heavy (non-hydrogen) atoms. The molecule has 0 aliphatic rings. The molecule has 0 saturated heterocycles. The molecule has 0 unspecified atom stereocenters. The molecule has 0 spiro atoms. The van der Waals surface area contributed by atoms with Gasteiger partial charge in [-0.1, -0.05) is 0 Å². The minimum absolute atomic E-state index is 0.0748.